The summed E-state index contributed by atoms with van der Waals surface area (Å²) >= 11 is 0. The van der Waals surface area contributed by atoms with Crippen molar-refractivity contribution in [2.45, 2.75) is 18.9 Å². The zero-order chi connectivity index (χ0) is 24.3. The van der Waals surface area contributed by atoms with E-state index in [0.29, 0.717) is 48.0 Å². The highest BCUT2D eigenvalue weighted by Crippen LogP contribution is 2.18. The third-order valence-electron chi connectivity index (χ3n) is 5.08. The van der Waals surface area contributed by atoms with Crippen LogP contribution in [0.4, 0.5) is 4.39 Å². The van der Waals surface area contributed by atoms with Crippen molar-refractivity contribution < 1.29 is 33.7 Å². The van der Waals surface area contributed by atoms with E-state index in [0.717, 1.165) is 5.56 Å². The number of oxime groups is 1. The number of carbonyl (C=O) groups is 1. The lowest BCUT2D eigenvalue weighted by molar-refractivity contribution is -0.148. The Hall–Kier alpha value is -3.91. The van der Waals surface area contributed by atoms with Crippen LogP contribution in [0.15, 0.2) is 78.0 Å². The number of aliphatic carboxylic acids is 1. The Bertz CT molecular complexity index is 1080. The van der Waals surface area contributed by atoms with Crippen molar-refractivity contribution in [2.75, 3.05) is 20.3 Å². The van der Waals surface area contributed by atoms with Crippen LogP contribution in [0.25, 0.3) is 0 Å². The topological polar surface area (TPSA) is 97.6 Å². The minimum Gasteiger partial charge on any atom is -0.493 e. The maximum absolute atomic E-state index is 13.1. The van der Waals surface area contributed by atoms with Gasteiger partial charge in [0.15, 0.2) is 6.10 Å². The quantitative estimate of drug-likeness (QED) is 0.176. The van der Waals surface area contributed by atoms with E-state index in [-0.39, 0.29) is 12.2 Å². The van der Waals surface area contributed by atoms with Gasteiger partial charge in [0, 0.05) is 31.1 Å². The molecular formula is C26H26FNO6. The molecule has 3 aromatic carbocycles. The van der Waals surface area contributed by atoms with Gasteiger partial charge in [-0.05, 0) is 66.2 Å². The van der Waals surface area contributed by atoms with E-state index in [1.807, 2.05) is 12.1 Å². The second-order valence-electron chi connectivity index (χ2n) is 7.44. The lowest BCUT2D eigenvalue weighted by Crippen LogP contribution is -2.24. The monoisotopic (exact) mass is 467 g/mol. The third kappa shape index (κ3) is 7.05. The number of methoxy groups -OCH3 is 1. The summed E-state index contributed by atoms with van der Waals surface area (Å²) < 4.78 is 29.5. The number of carboxylic acid groups (broad SMARTS) is 1. The Kier molecular flexibility index (Phi) is 8.99. The van der Waals surface area contributed by atoms with Gasteiger partial charge in [-0.25, -0.2) is 9.18 Å². The minimum atomic E-state index is -0.993. The smallest absolute Gasteiger partial charge is 0.333 e. The Morgan fingerprint density at radius 1 is 0.882 bits per heavy atom. The molecule has 7 nitrogen and oxygen atoms in total. The molecule has 0 saturated heterocycles. The van der Waals surface area contributed by atoms with Crippen molar-refractivity contribution in [3.05, 3.63) is 95.3 Å². The minimum absolute atomic E-state index is 0.286. The van der Waals surface area contributed by atoms with Crippen molar-refractivity contribution in [1.29, 1.82) is 0 Å². The highest BCUT2D eigenvalue weighted by molar-refractivity contribution is 6.12. The first kappa shape index (κ1) is 24.7. The van der Waals surface area contributed by atoms with Crippen molar-refractivity contribution in [1.82, 2.24) is 0 Å². The first-order valence-electron chi connectivity index (χ1n) is 10.7. The first-order valence-corrected chi connectivity index (χ1v) is 10.7. The number of halogens is 1. The molecule has 0 bridgehead atoms. The first-order chi connectivity index (χ1) is 16.5. The molecule has 178 valence electrons. The van der Waals surface area contributed by atoms with Gasteiger partial charge in [0.2, 0.25) is 0 Å². The maximum Gasteiger partial charge on any atom is 0.333 e. The molecule has 0 unspecified atom stereocenters. The molecule has 0 aliphatic rings. The van der Waals surface area contributed by atoms with Crippen LogP contribution in [0, 0.1) is 5.82 Å². The number of benzene rings is 3. The summed E-state index contributed by atoms with van der Waals surface area (Å²) in [7, 11) is 1.38. The van der Waals surface area contributed by atoms with Crippen LogP contribution < -0.4 is 9.47 Å². The summed E-state index contributed by atoms with van der Waals surface area (Å²) in [5, 5.41) is 21.8. The number of nitrogens with zero attached hydrogens (tertiary/aromatic N) is 1. The molecular weight excluding hydrogens is 441 g/mol. The highest BCUT2D eigenvalue weighted by Gasteiger charge is 2.16. The van der Waals surface area contributed by atoms with E-state index in [1.165, 1.54) is 19.2 Å². The Morgan fingerprint density at radius 3 is 1.85 bits per heavy atom. The van der Waals surface area contributed by atoms with E-state index in [1.54, 1.807) is 48.5 Å². The lowest BCUT2D eigenvalue weighted by Gasteiger charge is -2.11. The Labute approximate surface area is 197 Å². The van der Waals surface area contributed by atoms with Crippen molar-refractivity contribution in [3.8, 4) is 11.5 Å². The van der Waals surface area contributed by atoms with Gasteiger partial charge in [0.1, 0.15) is 23.0 Å². The van der Waals surface area contributed by atoms with E-state index >= 15 is 0 Å². The molecule has 2 N–H and O–H groups in total. The molecule has 3 aromatic rings. The van der Waals surface area contributed by atoms with Gasteiger partial charge in [0.25, 0.3) is 0 Å². The van der Waals surface area contributed by atoms with Gasteiger partial charge in [-0.2, -0.15) is 0 Å². The molecule has 0 amide bonds. The van der Waals surface area contributed by atoms with Crippen LogP contribution in [0.2, 0.25) is 0 Å². The van der Waals surface area contributed by atoms with E-state index < -0.39 is 12.1 Å². The molecule has 8 heteroatoms. The molecule has 0 heterocycles. The average molecular weight is 467 g/mol. The summed E-state index contributed by atoms with van der Waals surface area (Å²) in [6.07, 6.45) is 0.0741. The zero-order valence-corrected chi connectivity index (χ0v) is 18.7. The molecule has 0 saturated carbocycles. The SMILES string of the molecule is CO[C@@H](Cc1ccc(OCCCOc2ccc(C(=NO)c3ccc(F)cc3)cc2)cc1)C(=O)O. The second kappa shape index (κ2) is 12.4. The summed E-state index contributed by atoms with van der Waals surface area (Å²) in [4.78, 5) is 11.0. The summed E-state index contributed by atoms with van der Waals surface area (Å²) in [5.41, 5.74) is 2.46. The lowest BCUT2D eigenvalue weighted by atomic mass is 10.0. The molecule has 0 aromatic heterocycles. The largest absolute Gasteiger partial charge is 0.493 e. The summed E-state index contributed by atoms with van der Waals surface area (Å²) in [5.74, 6) is -0.00122. The number of hydrogen-bond acceptors (Lipinski definition) is 6. The van der Waals surface area contributed by atoms with Gasteiger partial charge in [-0.3, -0.25) is 0 Å². The van der Waals surface area contributed by atoms with Crippen LogP contribution in [0.3, 0.4) is 0 Å². The average Bonchev–Trinajstić information content (AvgIpc) is 2.85. The van der Waals surface area contributed by atoms with E-state index in [4.69, 9.17) is 19.3 Å². The van der Waals surface area contributed by atoms with Crippen LogP contribution in [0.5, 0.6) is 11.5 Å². The molecule has 34 heavy (non-hydrogen) atoms. The van der Waals surface area contributed by atoms with E-state index in [9.17, 15) is 14.4 Å². The molecule has 0 aliphatic carbocycles. The standard InChI is InChI=1S/C26H26FNO6/c1-32-24(26(29)30)17-18-3-11-22(12-4-18)33-15-2-16-34-23-13-7-20(8-14-23)25(28-31)19-5-9-21(27)10-6-19/h3-14,24,31H,2,15-17H2,1H3,(H,29,30)/t24-/m0/s1. The molecule has 0 spiro atoms. The normalized spacial score (nSPS) is 12.2. The maximum atomic E-state index is 13.1. The van der Waals surface area contributed by atoms with Crippen molar-refractivity contribution in [3.63, 3.8) is 0 Å². The fourth-order valence-corrected chi connectivity index (χ4v) is 3.25. The fourth-order valence-electron chi connectivity index (χ4n) is 3.25. The number of hydrogen-bond donors (Lipinski definition) is 2. The molecule has 1 atom stereocenters. The molecule has 0 radical (unpaired) electrons. The molecule has 0 fully saturated rings. The van der Waals surface area contributed by atoms with Crippen LogP contribution in [-0.2, 0) is 16.0 Å². The van der Waals surface area contributed by atoms with Gasteiger partial charge in [-0.15, -0.1) is 0 Å². The van der Waals surface area contributed by atoms with Gasteiger partial charge < -0.3 is 24.5 Å². The van der Waals surface area contributed by atoms with Crippen LogP contribution in [-0.4, -0.2) is 48.4 Å². The number of ether oxygens (including phenoxy) is 3. The predicted molar refractivity (Wildman–Crippen MR) is 124 cm³/mol. The van der Waals surface area contributed by atoms with Crippen LogP contribution in [0.1, 0.15) is 23.1 Å². The second-order valence-corrected chi connectivity index (χ2v) is 7.44. The van der Waals surface area contributed by atoms with Crippen molar-refractivity contribution >= 4 is 11.7 Å². The molecule has 0 aliphatic heterocycles. The van der Waals surface area contributed by atoms with Gasteiger partial charge >= 0.3 is 5.97 Å². The number of rotatable bonds is 12. The Morgan fingerprint density at radius 2 is 1.38 bits per heavy atom. The third-order valence-corrected chi connectivity index (χ3v) is 5.08. The predicted octanol–water partition coefficient (Wildman–Crippen LogP) is 4.54. The Balaban J connectivity index is 1.42. The van der Waals surface area contributed by atoms with Crippen LogP contribution >= 0.6 is 0 Å². The summed E-state index contributed by atoms with van der Waals surface area (Å²) in [6, 6.07) is 20.0. The van der Waals surface area contributed by atoms with E-state index in [2.05, 4.69) is 5.16 Å². The highest BCUT2D eigenvalue weighted by atomic mass is 19.1. The fraction of sp³-hybridized carbons (Fsp3) is 0.231. The van der Waals surface area contributed by atoms with Crippen molar-refractivity contribution in [2.24, 2.45) is 5.16 Å². The number of carboxylic acids is 1. The zero-order valence-electron chi connectivity index (χ0n) is 18.7. The molecule has 3 rings (SSSR count). The van der Waals surface area contributed by atoms with Gasteiger partial charge in [0.05, 0.1) is 13.2 Å². The summed E-state index contributed by atoms with van der Waals surface area (Å²) in [6.45, 7) is 0.906. The van der Waals surface area contributed by atoms with Gasteiger partial charge in [-0.1, -0.05) is 17.3 Å².